The monoisotopic (exact) mass is 434 g/mol. The summed E-state index contributed by atoms with van der Waals surface area (Å²) in [5.41, 5.74) is 1.02. The van der Waals surface area contributed by atoms with Gasteiger partial charge in [-0.15, -0.1) is 0 Å². The number of anilines is 1. The van der Waals surface area contributed by atoms with Gasteiger partial charge in [-0.05, 0) is 25.0 Å². The van der Waals surface area contributed by atoms with E-state index in [1.807, 2.05) is 17.5 Å². The van der Waals surface area contributed by atoms with Crippen LogP contribution in [0, 0.1) is 0 Å². The first-order valence-electron chi connectivity index (χ1n) is 9.89. The third kappa shape index (κ3) is 4.70. The van der Waals surface area contributed by atoms with Gasteiger partial charge in [-0.1, -0.05) is 12.2 Å². The Labute approximate surface area is 176 Å². The number of amides is 2. The molecular formula is C20H21F3N6O2. The van der Waals surface area contributed by atoms with Crippen molar-refractivity contribution in [2.45, 2.75) is 25.1 Å². The van der Waals surface area contributed by atoms with E-state index in [-0.39, 0.29) is 5.91 Å². The molecule has 2 amide bonds. The molecule has 11 heteroatoms. The van der Waals surface area contributed by atoms with Gasteiger partial charge in [0.2, 0.25) is 5.91 Å². The van der Waals surface area contributed by atoms with Crippen molar-refractivity contribution < 1.29 is 22.8 Å². The van der Waals surface area contributed by atoms with E-state index < -0.39 is 24.7 Å². The van der Waals surface area contributed by atoms with Crippen molar-refractivity contribution in [2.75, 3.05) is 31.1 Å². The number of carbonyl (C=O) groups is 2. The molecule has 1 atom stereocenters. The van der Waals surface area contributed by atoms with Gasteiger partial charge < -0.3 is 20.1 Å². The number of nitrogens with zero attached hydrogens (tertiary/aromatic N) is 4. The van der Waals surface area contributed by atoms with E-state index in [1.165, 1.54) is 6.20 Å². The third-order valence-electron chi connectivity index (χ3n) is 5.23. The number of aromatic amines is 1. The van der Waals surface area contributed by atoms with Crippen LogP contribution in [0.5, 0.6) is 0 Å². The van der Waals surface area contributed by atoms with Gasteiger partial charge in [-0.25, -0.2) is 9.97 Å². The predicted molar refractivity (Wildman–Crippen MR) is 106 cm³/mol. The summed E-state index contributed by atoms with van der Waals surface area (Å²) in [4.78, 5) is 39.8. The Morgan fingerprint density at radius 2 is 2.03 bits per heavy atom. The molecule has 0 aliphatic carbocycles. The minimum Gasteiger partial charge on any atom is -0.356 e. The average Bonchev–Trinajstić information content (AvgIpc) is 3.52. The van der Waals surface area contributed by atoms with Crippen LogP contribution in [0.25, 0.3) is 11.4 Å². The first-order valence-corrected chi connectivity index (χ1v) is 9.89. The molecule has 2 aliphatic heterocycles. The fourth-order valence-electron chi connectivity index (χ4n) is 3.73. The van der Waals surface area contributed by atoms with E-state index in [0.717, 1.165) is 0 Å². The molecule has 0 spiro atoms. The number of carbonyl (C=O) groups excluding carboxylic acids is 2. The van der Waals surface area contributed by atoms with Gasteiger partial charge in [0.25, 0.3) is 5.91 Å². The Morgan fingerprint density at radius 3 is 2.77 bits per heavy atom. The fraction of sp³-hybridized carbons (Fsp3) is 0.400. The van der Waals surface area contributed by atoms with Gasteiger partial charge in [0.1, 0.15) is 24.1 Å². The second-order valence-corrected chi connectivity index (χ2v) is 7.41. The van der Waals surface area contributed by atoms with Crippen LogP contribution in [0.4, 0.5) is 19.0 Å². The Morgan fingerprint density at radius 1 is 1.26 bits per heavy atom. The summed E-state index contributed by atoms with van der Waals surface area (Å²) in [6, 6.07) is 2.56. The molecule has 4 heterocycles. The molecule has 2 aromatic heterocycles. The zero-order chi connectivity index (χ0) is 22.0. The van der Waals surface area contributed by atoms with Crippen LogP contribution in [-0.4, -0.2) is 70.1 Å². The number of H-pyrrole nitrogens is 1. The molecular weight excluding hydrogens is 413 g/mol. The SMILES string of the molecule is O=C(NCC(F)(F)F)[C@H]1CCCN1c1ccnc(-c2c[nH]c(C(=O)N3CC=CC3)c2)n1. The first-order chi connectivity index (χ1) is 14.8. The van der Waals surface area contributed by atoms with E-state index in [1.54, 1.807) is 28.1 Å². The number of nitrogens with one attached hydrogen (secondary N) is 2. The van der Waals surface area contributed by atoms with Gasteiger partial charge in [-0.2, -0.15) is 13.2 Å². The van der Waals surface area contributed by atoms with Crippen molar-refractivity contribution in [3.8, 4) is 11.4 Å². The minimum absolute atomic E-state index is 0.131. The second-order valence-electron chi connectivity index (χ2n) is 7.41. The quantitative estimate of drug-likeness (QED) is 0.704. The van der Waals surface area contributed by atoms with Gasteiger partial charge in [0, 0.05) is 37.6 Å². The highest BCUT2D eigenvalue weighted by molar-refractivity contribution is 5.94. The molecule has 8 nitrogen and oxygen atoms in total. The second kappa shape index (κ2) is 8.40. The summed E-state index contributed by atoms with van der Waals surface area (Å²) in [7, 11) is 0. The number of rotatable bonds is 5. The summed E-state index contributed by atoms with van der Waals surface area (Å²) < 4.78 is 37.3. The zero-order valence-corrected chi connectivity index (χ0v) is 16.5. The predicted octanol–water partition coefficient (Wildman–Crippen LogP) is 2.13. The first kappa shape index (κ1) is 20.9. The number of halogens is 3. The van der Waals surface area contributed by atoms with Gasteiger partial charge in [0.15, 0.2) is 5.82 Å². The number of hydrogen-bond donors (Lipinski definition) is 2. The van der Waals surface area contributed by atoms with Gasteiger partial charge >= 0.3 is 6.18 Å². The number of hydrogen-bond acceptors (Lipinski definition) is 5. The molecule has 0 radical (unpaired) electrons. The van der Waals surface area contributed by atoms with Crippen molar-refractivity contribution in [3.05, 3.63) is 42.4 Å². The Bertz CT molecular complexity index is 995. The number of alkyl halides is 3. The fourth-order valence-corrected chi connectivity index (χ4v) is 3.73. The molecule has 2 aliphatic rings. The lowest BCUT2D eigenvalue weighted by atomic mass is 10.2. The summed E-state index contributed by atoms with van der Waals surface area (Å²) in [5, 5.41) is 1.95. The lowest BCUT2D eigenvalue weighted by Crippen LogP contribution is -2.46. The molecule has 0 bridgehead atoms. The summed E-state index contributed by atoms with van der Waals surface area (Å²) >= 11 is 0. The molecule has 164 valence electrons. The molecule has 2 aromatic rings. The maximum atomic E-state index is 12.5. The van der Waals surface area contributed by atoms with Crippen LogP contribution in [-0.2, 0) is 4.79 Å². The molecule has 1 saturated heterocycles. The number of aromatic nitrogens is 3. The van der Waals surface area contributed by atoms with Crippen molar-refractivity contribution in [2.24, 2.45) is 0 Å². The smallest absolute Gasteiger partial charge is 0.356 e. The van der Waals surface area contributed by atoms with E-state index in [9.17, 15) is 22.8 Å². The van der Waals surface area contributed by atoms with Crippen LogP contribution < -0.4 is 10.2 Å². The third-order valence-corrected chi connectivity index (χ3v) is 5.23. The Hall–Kier alpha value is -3.37. The van der Waals surface area contributed by atoms with E-state index in [4.69, 9.17) is 0 Å². The van der Waals surface area contributed by atoms with Gasteiger partial charge in [0.05, 0.1) is 0 Å². The maximum Gasteiger partial charge on any atom is 0.405 e. The highest BCUT2D eigenvalue weighted by Crippen LogP contribution is 2.26. The Kier molecular flexibility index (Phi) is 5.66. The van der Waals surface area contributed by atoms with E-state index in [0.29, 0.717) is 55.4 Å². The summed E-state index contributed by atoms with van der Waals surface area (Å²) in [5.74, 6) is -0.00161. The van der Waals surface area contributed by atoms with Crippen molar-refractivity contribution in [1.82, 2.24) is 25.2 Å². The average molecular weight is 434 g/mol. The maximum absolute atomic E-state index is 12.5. The highest BCUT2D eigenvalue weighted by Gasteiger charge is 2.35. The van der Waals surface area contributed by atoms with Crippen LogP contribution >= 0.6 is 0 Å². The van der Waals surface area contributed by atoms with Crippen LogP contribution in [0.2, 0.25) is 0 Å². The van der Waals surface area contributed by atoms with Gasteiger partial charge in [-0.3, -0.25) is 9.59 Å². The molecule has 2 N–H and O–H groups in total. The molecule has 1 fully saturated rings. The summed E-state index contributed by atoms with van der Waals surface area (Å²) in [6.45, 7) is 0.259. The lowest BCUT2D eigenvalue weighted by molar-refractivity contribution is -0.139. The molecule has 0 unspecified atom stereocenters. The van der Waals surface area contributed by atoms with Crippen LogP contribution in [0.1, 0.15) is 23.3 Å². The van der Waals surface area contributed by atoms with Crippen molar-refractivity contribution in [1.29, 1.82) is 0 Å². The minimum atomic E-state index is -4.46. The van der Waals surface area contributed by atoms with Crippen LogP contribution in [0.15, 0.2) is 36.7 Å². The molecule has 0 aromatic carbocycles. The topological polar surface area (TPSA) is 94.2 Å². The van der Waals surface area contributed by atoms with Crippen molar-refractivity contribution >= 4 is 17.6 Å². The van der Waals surface area contributed by atoms with Crippen LogP contribution in [0.3, 0.4) is 0 Å². The normalized spacial score (nSPS) is 18.6. The summed E-state index contributed by atoms with van der Waals surface area (Å²) in [6.07, 6.45) is 3.64. The Balaban J connectivity index is 1.49. The standard InChI is InChI=1S/C20H21F3N6O2/c21-20(22,23)12-26-18(30)15-4-3-9-29(15)16-5-6-24-17(27-16)13-10-14(25-11-13)19(31)28-7-1-2-8-28/h1-2,5-6,10-11,15,25H,3-4,7-9,12H2,(H,26,30)/t15-/m1/s1. The van der Waals surface area contributed by atoms with Crippen molar-refractivity contribution in [3.63, 3.8) is 0 Å². The lowest BCUT2D eigenvalue weighted by Gasteiger charge is -2.25. The highest BCUT2D eigenvalue weighted by atomic mass is 19.4. The van der Waals surface area contributed by atoms with E-state index in [2.05, 4.69) is 15.0 Å². The molecule has 0 saturated carbocycles. The molecule has 31 heavy (non-hydrogen) atoms. The zero-order valence-electron chi connectivity index (χ0n) is 16.5. The molecule has 4 rings (SSSR count). The van der Waals surface area contributed by atoms with E-state index >= 15 is 0 Å². The largest absolute Gasteiger partial charge is 0.405 e.